The Morgan fingerprint density at radius 3 is 2.62 bits per heavy atom. The molecule has 2 bridgehead atoms. The summed E-state index contributed by atoms with van der Waals surface area (Å²) in [6.45, 7) is 2.41. The zero-order chi connectivity index (χ0) is 11.2. The van der Waals surface area contributed by atoms with E-state index in [1.165, 1.54) is 24.8 Å². The van der Waals surface area contributed by atoms with Gasteiger partial charge in [0.05, 0.1) is 0 Å². The zero-order valence-electron chi connectivity index (χ0n) is 10.0. The molecule has 1 unspecified atom stereocenters. The number of benzene rings is 1. The van der Waals surface area contributed by atoms with Crippen LogP contribution in [-0.2, 0) is 6.42 Å². The molecule has 0 spiro atoms. The van der Waals surface area contributed by atoms with Crippen molar-refractivity contribution in [2.45, 2.75) is 38.6 Å². The van der Waals surface area contributed by atoms with Crippen molar-refractivity contribution in [3.63, 3.8) is 0 Å². The predicted molar refractivity (Wildman–Crippen MR) is 67.1 cm³/mol. The maximum absolute atomic E-state index is 6.45. The Hall–Kier alpha value is -0.820. The quantitative estimate of drug-likeness (QED) is 0.806. The van der Waals surface area contributed by atoms with Crippen LogP contribution in [0.15, 0.2) is 30.3 Å². The van der Waals surface area contributed by atoms with E-state index in [4.69, 9.17) is 5.73 Å². The minimum absolute atomic E-state index is 0.351. The molecule has 0 saturated heterocycles. The van der Waals surface area contributed by atoms with E-state index in [0.717, 1.165) is 18.3 Å². The van der Waals surface area contributed by atoms with Crippen molar-refractivity contribution in [2.24, 2.45) is 23.0 Å². The van der Waals surface area contributed by atoms with Gasteiger partial charge >= 0.3 is 0 Å². The van der Waals surface area contributed by atoms with Gasteiger partial charge in [0, 0.05) is 6.04 Å². The summed E-state index contributed by atoms with van der Waals surface area (Å²) in [6.07, 6.45) is 5.32. The molecule has 4 atom stereocenters. The van der Waals surface area contributed by atoms with E-state index in [9.17, 15) is 0 Å². The minimum atomic E-state index is 0.351. The van der Waals surface area contributed by atoms with E-state index < -0.39 is 0 Å². The molecular weight excluding hydrogens is 194 g/mol. The van der Waals surface area contributed by atoms with Crippen molar-refractivity contribution < 1.29 is 0 Å². The largest absolute Gasteiger partial charge is 0.327 e. The van der Waals surface area contributed by atoms with Gasteiger partial charge in [0.25, 0.3) is 0 Å². The molecule has 86 valence electrons. The van der Waals surface area contributed by atoms with Crippen molar-refractivity contribution in [3.8, 4) is 0 Å². The number of nitrogens with two attached hydrogens (primary N) is 1. The lowest BCUT2D eigenvalue weighted by Gasteiger charge is -2.39. The molecule has 1 aromatic carbocycles. The fourth-order valence-electron chi connectivity index (χ4n) is 4.05. The van der Waals surface area contributed by atoms with Crippen molar-refractivity contribution in [3.05, 3.63) is 35.9 Å². The van der Waals surface area contributed by atoms with Crippen LogP contribution in [0.4, 0.5) is 0 Å². The molecule has 2 N–H and O–H groups in total. The SMILES string of the molecule is CC1(Cc2ccccc2)[C@H]2CC[C@H](C2)[C@H]1N. The van der Waals surface area contributed by atoms with Gasteiger partial charge in [-0.05, 0) is 48.5 Å². The van der Waals surface area contributed by atoms with E-state index in [-0.39, 0.29) is 0 Å². The summed E-state index contributed by atoms with van der Waals surface area (Å²) in [7, 11) is 0. The van der Waals surface area contributed by atoms with Crippen molar-refractivity contribution in [1.29, 1.82) is 0 Å². The van der Waals surface area contributed by atoms with Gasteiger partial charge in [0.15, 0.2) is 0 Å². The summed E-state index contributed by atoms with van der Waals surface area (Å²) >= 11 is 0. The van der Waals surface area contributed by atoms with Gasteiger partial charge in [-0.25, -0.2) is 0 Å². The molecule has 1 heteroatoms. The third-order valence-electron chi connectivity index (χ3n) is 5.10. The minimum Gasteiger partial charge on any atom is -0.327 e. The fourth-order valence-corrected chi connectivity index (χ4v) is 4.05. The summed E-state index contributed by atoms with van der Waals surface area (Å²) in [4.78, 5) is 0. The lowest BCUT2D eigenvalue weighted by molar-refractivity contribution is 0.155. The first-order chi connectivity index (χ1) is 7.70. The van der Waals surface area contributed by atoms with Gasteiger partial charge in [-0.1, -0.05) is 37.3 Å². The second kappa shape index (κ2) is 3.59. The second-order valence-electron chi connectivity index (χ2n) is 5.96. The van der Waals surface area contributed by atoms with Gasteiger partial charge in [-0.3, -0.25) is 0 Å². The van der Waals surface area contributed by atoms with Crippen molar-refractivity contribution in [2.75, 3.05) is 0 Å². The molecule has 0 amide bonds. The average Bonchev–Trinajstić information content (AvgIpc) is 2.85. The normalized spacial score (nSPS) is 41.5. The van der Waals surface area contributed by atoms with Gasteiger partial charge in [0.2, 0.25) is 0 Å². The Balaban J connectivity index is 1.84. The molecule has 0 aromatic heterocycles. The summed E-state index contributed by atoms with van der Waals surface area (Å²) in [5, 5.41) is 0. The Kier molecular flexibility index (Phi) is 2.32. The lowest BCUT2D eigenvalue weighted by Crippen LogP contribution is -2.45. The molecule has 2 aliphatic rings. The van der Waals surface area contributed by atoms with E-state index in [2.05, 4.69) is 37.3 Å². The molecule has 2 aliphatic carbocycles. The van der Waals surface area contributed by atoms with Crippen LogP contribution in [0.1, 0.15) is 31.7 Å². The molecule has 1 nitrogen and oxygen atoms in total. The smallest absolute Gasteiger partial charge is 0.0127 e. The number of rotatable bonds is 2. The maximum atomic E-state index is 6.45. The number of hydrogen-bond acceptors (Lipinski definition) is 1. The van der Waals surface area contributed by atoms with Crippen molar-refractivity contribution in [1.82, 2.24) is 0 Å². The van der Waals surface area contributed by atoms with Gasteiger partial charge in [-0.15, -0.1) is 0 Å². The third kappa shape index (κ3) is 1.41. The first kappa shape index (κ1) is 10.3. The zero-order valence-corrected chi connectivity index (χ0v) is 10.0. The molecule has 0 radical (unpaired) electrons. The first-order valence-corrected chi connectivity index (χ1v) is 6.49. The number of hydrogen-bond donors (Lipinski definition) is 1. The molecular formula is C15H21N. The summed E-state index contributed by atoms with van der Waals surface area (Å²) in [6, 6.07) is 11.3. The van der Waals surface area contributed by atoms with Crippen LogP contribution in [0.25, 0.3) is 0 Å². The predicted octanol–water partition coefficient (Wildman–Crippen LogP) is 2.99. The van der Waals surface area contributed by atoms with Crippen molar-refractivity contribution >= 4 is 0 Å². The van der Waals surface area contributed by atoms with Crippen LogP contribution in [0, 0.1) is 17.3 Å². The topological polar surface area (TPSA) is 26.0 Å². The molecule has 2 saturated carbocycles. The standard InChI is InChI=1S/C15H21N/c1-15(10-11-5-3-2-4-6-11)13-8-7-12(9-13)14(15)16/h2-6,12-14H,7-10,16H2,1H3/t12-,13+,14-,15?/m1/s1. The second-order valence-corrected chi connectivity index (χ2v) is 5.96. The average molecular weight is 215 g/mol. The molecule has 0 aliphatic heterocycles. The lowest BCUT2D eigenvalue weighted by atomic mass is 9.68. The summed E-state index contributed by atoms with van der Waals surface area (Å²) in [5.41, 5.74) is 8.25. The molecule has 2 fully saturated rings. The first-order valence-electron chi connectivity index (χ1n) is 6.49. The highest BCUT2D eigenvalue weighted by atomic mass is 14.8. The molecule has 1 aromatic rings. The van der Waals surface area contributed by atoms with Crippen LogP contribution in [0.2, 0.25) is 0 Å². The van der Waals surface area contributed by atoms with Crippen LogP contribution in [0.5, 0.6) is 0 Å². The van der Waals surface area contributed by atoms with Gasteiger partial charge in [-0.2, -0.15) is 0 Å². The van der Waals surface area contributed by atoms with Crippen LogP contribution in [0.3, 0.4) is 0 Å². The molecule has 0 heterocycles. The Bertz CT molecular complexity index is 368. The van der Waals surface area contributed by atoms with Crippen LogP contribution >= 0.6 is 0 Å². The third-order valence-corrected chi connectivity index (χ3v) is 5.10. The Labute approximate surface area is 98.0 Å². The highest BCUT2D eigenvalue weighted by molar-refractivity contribution is 5.20. The van der Waals surface area contributed by atoms with Crippen LogP contribution < -0.4 is 5.73 Å². The van der Waals surface area contributed by atoms with Gasteiger partial charge < -0.3 is 5.73 Å². The molecule has 3 rings (SSSR count). The molecule has 16 heavy (non-hydrogen) atoms. The maximum Gasteiger partial charge on any atom is 0.0127 e. The number of fused-ring (bicyclic) bond motifs is 2. The Morgan fingerprint density at radius 1 is 1.25 bits per heavy atom. The summed E-state index contributed by atoms with van der Waals surface area (Å²) in [5.74, 6) is 1.67. The highest BCUT2D eigenvalue weighted by Crippen LogP contribution is 2.56. The van der Waals surface area contributed by atoms with E-state index in [1.807, 2.05) is 0 Å². The van der Waals surface area contributed by atoms with Crippen LogP contribution in [-0.4, -0.2) is 6.04 Å². The van der Waals surface area contributed by atoms with E-state index in [0.29, 0.717) is 11.5 Å². The highest BCUT2D eigenvalue weighted by Gasteiger charge is 2.53. The van der Waals surface area contributed by atoms with E-state index >= 15 is 0 Å². The fraction of sp³-hybridized carbons (Fsp3) is 0.600. The van der Waals surface area contributed by atoms with E-state index in [1.54, 1.807) is 0 Å². The summed E-state index contributed by atoms with van der Waals surface area (Å²) < 4.78 is 0. The van der Waals surface area contributed by atoms with Gasteiger partial charge in [0.1, 0.15) is 0 Å². The monoisotopic (exact) mass is 215 g/mol. The Morgan fingerprint density at radius 2 is 2.00 bits per heavy atom.